The molecule has 7 heteroatoms. The monoisotopic (exact) mass is 490 g/mol. The Morgan fingerprint density at radius 1 is 0.909 bits per heavy atom. The molecule has 0 saturated carbocycles. The fraction of sp³-hybridized carbons (Fsp3) is 0.654. The smallest absolute Gasteiger partial charge is 0.226 e. The summed E-state index contributed by atoms with van der Waals surface area (Å²) >= 11 is 3.15. The first-order chi connectivity index (χ1) is 16.3. The van der Waals surface area contributed by atoms with Gasteiger partial charge in [0.15, 0.2) is 0 Å². The number of hydrogen-bond acceptors (Lipinski definition) is 6. The molecular formula is C26H42N4OS2. The molecule has 0 aliphatic carbocycles. The maximum absolute atomic E-state index is 12.1. The third kappa shape index (κ3) is 14.2. The van der Waals surface area contributed by atoms with Crippen LogP contribution in [0.2, 0.25) is 0 Å². The van der Waals surface area contributed by atoms with Crippen molar-refractivity contribution in [1.82, 2.24) is 10.2 Å². The van der Waals surface area contributed by atoms with Crippen LogP contribution in [0.15, 0.2) is 29.7 Å². The highest BCUT2D eigenvalue weighted by atomic mass is 32.1. The van der Waals surface area contributed by atoms with Crippen molar-refractivity contribution in [2.75, 3.05) is 17.2 Å². The van der Waals surface area contributed by atoms with Crippen molar-refractivity contribution in [3.63, 3.8) is 0 Å². The molecule has 2 N–H and O–H groups in total. The predicted molar refractivity (Wildman–Crippen MR) is 145 cm³/mol. The van der Waals surface area contributed by atoms with E-state index in [-0.39, 0.29) is 5.91 Å². The minimum atomic E-state index is 0.0360. The summed E-state index contributed by atoms with van der Waals surface area (Å²) in [6, 6.07) is 4.20. The topological polar surface area (TPSA) is 66.9 Å². The molecule has 0 spiro atoms. The lowest BCUT2D eigenvalue weighted by atomic mass is 10.1. The Hall–Kier alpha value is -1.73. The van der Waals surface area contributed by atoms with Crippen molar-refractivity contribution in [3.8, 4) is 0 Å². The summed E-state index contributed by atoms with van der Waals surface area (Å²) in [7, 11) is 0. The number of hydrogen-bond donors (Lipinski definition) is 2. The summed E-state index contributed by atoms with van der Waals surface area (Å²) < 4.78 is 0. The molecule has 2 aromatic heterocycles. The Labute approximate surface area is 208 Å². The fourth-order valence-electron chi connectivity index (χ4n) is 3.63. The van der Waals surface area contributed by atoms with Crippen LogP contribution in [-0.4, -0.2) is 22.6 Å². The average molecular weight is 491 g/mol. The van der Waals surface area contributed by atoms with Crippen LogP contribution in [0.25, 0.3) is 0 Å². The van der Waals surface area contributed by atoms with Gasteiger partial charge in [-0.1, -0.05) is 87.8 Å². The van der Waals surface area contributed by atoms with Crippen molar-refractivity contribution in [2.24, 2.45) is 0 Å². The Kier molecular flexibility index (Phi) is 15.6. The predicted octanol–water partition coefficient (Wildman–Crippen LogP) is 8.23. The van der Waals surface area contributed by atoms with Crippen molar-refractivity contribution >= 4 is 38.8 Å². The first-order valence-corrected chi connectivity index (χ1v) is 14.5. The van der Waals surface area contributed by atoms with E-state index >= 15 is 0 Å². The molecule has 1 amide bonds. The molecule has 5 nitrogen and oxygen atoms in total. The van der Waals surface area contributed by atoms with E-state index in [0.717, 1.165) is 30.9 Å². The highest BCUT2D eigenvalue weighted by Gasteiger charge is 2.08. The van der Waals surface area contributed by atoms with Crippen LogP contribution in [0.1, 0.15) is 102 Å². The van der Waals surface area contributed by atoms with E-state index < -0.39 is 0 Å². The molecule has 0 aliphatic rings. The lowest BCUT2D eigenvalue weighted by molar-refractivity contribution is -0.116. The van der Waals surface area contributed by atoms with Gasteiger partial charge >= 0.3 is 0 Å². The van der Waals surface area contributed by atoms with Crippen LogP contribution < -0.4 is 10.6 Å². The molecule has 0 aromatic carbocycles. The summed E-state index contributed by atoms with van der Waals surface area (Å²) in [5.74, 6) is 0.0360. The maximum Gasteiger partial charge on any atom is 0.226 e. The van der Waals surface area contributed by atoms with Gasteiger partial charge in [0.05, 0.1) is 0 Å². The van der Waals surface area contributed by atoms with Crippen LogP contribution in [0.5, 0.6) is 0 Å². The molecule has 0 saturated heterocycles. The highest BCUT2D eigenvalue weighted by Crippen LogP contribution is 2.20. The van der Waals surface area contributed by atoms with Gasteiger partial charge in [-0.2, -0.15) is 0 Å². The van der Waals surface area contributed by atoms with Crippen LogP contribution >= 0.6 is 22.7 Å². The third-order valence-electron chi connectivity index (χ3n) is 5.56. The van der Waals surface area contributed by atoms with Crippen LogP contribution in [0.4, 0.5) is 10.3 Å². The standard InChI is InChI=1S/C26H42N4OS2/c1-2-3-4-5-6-7-8-9-10-11-12-13-14-15-16-19-24(31)28-26-30-29-25(33-26)27-21-20-23-18-17-22-32-23/h9-10,17-18,22H,2-8,11-16,19-21H2,1H3,(H,27,29)(H,28,30,31)/b10-9+. The number of carbonyl (C=O) groups excluding carboxylic acids is 1. The molecule has 0 aliphatic heterocycles. The zero-order valence-corrected chi connectivity index (χ0v) is 22.0. The lowest BCUT2D eigenvalue weighted by Crippen LogP contribution is -2.10. The fourth-order valence-corrected chi connectivity index (χ4v) is 5.03. The number of carbonyl (C=O) groups is 1. The molecule has 0 radical (unpaired) electrons. The second kappa shape index (κ2) is 18.7. The summed E-state index contributed by atoms with van der Waals surface area (Å²) in [5.41, 5.74) is 0. The van der Waals surface area contributed by atoms with E-state index in [1.54, 1.807) is 11.3 Å². The molecule has 0 bridgehead atoms. The number of anilines is 2. The van der Waals surface area contributed by atoms with Crippen molar-refractivity contribution < 1.29 is 4.79 Å². The van der Waals surface area contributed by atoms with Gasteiger partial charge in [-0.15, -0.1) is 21.5 Å². The van der Waals surface area contributed by atoms with Crippen molar-refractivity contribution in [3.05, 3.63) is 34.5 Å². The van der Waals surface area contributed by atoms with Gasteiger partial charge in [-0.3, -0.25) is 4.79 Å². The number of thiophene rings is 1. The summed E-state index contributed by atoms with van der Waals surface area (Å²) in [5, 5.41) is 17.7. The highest BCUT2D eigenvalue weighted by molar-refractivity contribution is 7.19. The van der Waals surface area contributed by atoms with Crippen LogP contribution in [-0.2, 0) is 11.2 Å². The third-order valence-corrected chi connectivity index (χ3v) is 7.30. The van der Waals surface area contributed by atoms with Gasteiger partial charge in [0.1, 0.15) is 0 Å². The second-order valence-corrected chi connectivity index (χ2v) is 10.6. The molecule has 2 rings (SSSR count). The number of nitrogens with one attached hydrogen (secondary N) is 2. The molecule has 184 valence electrons. The summed E-state index contributed by atoms with van der Waals surface area (Å²) in [6.07, 6.45) is 22.7. The number of unbranched alkanes of at least 4 members (excludes halogenated alkanes) is 11. The van der Waals surface area contributed by atoms with Gasteiger partial charge in [0, 0.05) is 17.8 Å². The number of aromatic nitrogens is 2. The Morgan fingerprint density at radius 3 is 2.27 bits per heavy atom. The zero-order chi connectivity index (χ0) is 23.4. The van der Waals surface area contributed by atoms with Gasteiger partial charge in [-0.25, -0.2) is 0 Å². The molecule has 33 heavy (non-hydrogen) atoms. The Bertz CT molecular complexity index is 758. The summed E-state index contributed by atoms with van der Waals surface area (Å²) in [6.45, 7) is 3.09. The molecule has 0 fully saturated rings. The van der Waals surface area contributed by atoms with Gasteiger partial charge < -0.3 is 10.6 Å². The lowest BCUT2D eigenvalue weighted by Gasteiger charge is -2.02. The van der Waals surface area contributed by atoms with Crippen LogP contribution in [0.3, 0.4) is 0 Å². The molecule has 2 aromatic rings. The molecule has 0 unspecified atom stereocenters. The first kappa shape index (κ1) is 27.5. The van der Waals surface area contributed by atoms with E-state index in [1.807, 2.05) is 0 Å². The van der Waals surface area contributed by atoms with Gasteiger partial charge in [0.25, 0.3) is 0 Å². The van der Waals surface area contributed by atoms with E-state index in [4.69, 9.17) is 0 Å². The Morgan fingerprint density at radius 2 is 1.58 bits per heavy atom. The van der Waals surface area contributed by atoms with Gasteiger partial charge in [0.2, 0.25) is 16.2 Å². The summed E-state index contributed by atoms with van der Waals surface area (Å²) in [4.78, 5) is 13.5. The minimum absolute atomic E-state index is 0.0360. The van der Waals surface area contributed by atoms with Crippen molar-refractivity contribution in [2.45, 2.75) is 103 Å². The second-order valence-electron chi connectivity index (χ2n) is 8.55. The largest absolute Gasteiger partial charge is 0.360 e. The van der Waals surface area contributed by atoms with E-state index in [1.165, 1.54) is 86.8 Å². The number of amides is 1. The van der Waals surface area contributed by atoms with Gasteiger partial charge in [-0.05, 0) is 50.0 Å². The number of rotatable bonds is 20. The SMILES string of the molecule is CCCCCCCC/C=C/CCCCCCCC(=O)Nc1nnc(NCCc2cccs2)s1. The molecular weight excluding hydrogens is 448 g/mol. The van der Waals surface area contributed by atoms with E-state index in [0.29, 0.717) is 11.6 Å². The van der Waals surface area contributed by atoms with E-state index in [2.05, 4.69) is 57.4 Å². The Balaban J connectivity index is 1.39. The van der Waals surface area contributed by atoms with E-state index in [9.17, 15) is 4.79 Å². The van der Waals surface area contributed by atoms with Crippen molar-refractivity contribution in [1.29, 1.82) is 0 Å². The molecule has 2 heterocycles. The first-order valence-electron chi connectivity index (χ1n) is 12.8. The number of allylic oxidation sites excluding steroid dienone is 2. The molecule has 0 atom stereocenters. The quantitative estimate of drug-likeness (QED) is 0.145. The maximum atomic E-state index is 12.1. The normalized spacial score (nSPS) is 11.3. The number of nitrogens with zero attached hydrogens (tertiary/aromatic N) is 2. The minimum Gasteiger partial charge on any atom is -0.360 e. The average Bonchev–Trinajstić information content (AvgIpc) is 3.49. The van der Waals surface area contributed by atoms with Crippen LogP contribution in [0, 0.1) is 0 Å². The zero-order valence-electron chi connectivity index (χ0n) is 20.3.